The van der Waals surface area contributed by atoms with Crippen LogP contribution in [-0.2, 0) is 12.8 Å². The molecule has 0 bridgehead atoms. The monoisotopic (exact) mass is 241 g/mol. The van der Waals surface area contributed by atoms with Crippen molar-refractivity contribution in [3.05, 3.63) is 45.8 Å². The molecule has 3 heteroatoms. The van der Waals surface area contributed by atoms with E-state index < -0.39 is 0 Å². The van der Waals surface area contributed by atoms with Gasteiger partial charge in [0.15, 0.2) is 0 Å². The first-order valence-corrected chi connectivity index (χ1v) is 6.21. The Kier molecular flexibility index (Phi) is 2.47. The number of pyridine rings is 1. The van der Waals surface area contributed by atoms with Crippen LogP contribution in [0.5, 0.6) is 5.75 Å². The number of benzene rings is 1. The number of nitrogens with one attached hydrogen (secondary N) is 1. The van der Waals surface area contributed by atoms with Gasteiger partial charge >= 0.3 is 0 Å². The Morgan fingerprint density at radius 3 is 3.06 bits per heavy atom. The lowest BCUT2D eigenvalue weighted by Gasteiger charge is -2.21. The van der Waals surface area contributed by atoms with Gasteiger partial charge in [-0.1, -0.05) is 19.6 Å². The third-order valence-electron chi connectivity index (χ3n) is 3.51. The highest BCUT2D eigenvalue weighted by atomic mass is 16.5. The van der Waals surface area contributed by atoms with Crippen LogP contribution in [0, 0.1) is 0 Å². The minimum absolute atomic E-state index is 0.0223. The summed E-state index contributed by atoms with van der Waals surface area (Å²) in [6.07, 6.45) is 3.33. The fraction of sp³-hybridized carbons (Fsp3) is 0.267. The summed E-state index contributed by atoms with van der Waals surface area (Å²) in [5.41, 5.74) is 3.87. The van der Waals surface area contributed by atoms with Crippen molar-refractivity contribution >= 4 is 17.0 Å². The number of ether oxygens (including phenoxy) is 1. The second-order valence-corrected chi connectivity index (χ2v) is 4.51. The van der Waals surface area contributed by atoms with Crippen molar-refractivity contribution in [3.63, 3.8) is 0 Å². The zero-order valence-corrected chi connectivity index (χ0v) is 10.4. The zero-order valence-electron chi connectivity index (χ0n) is 10.4. The molecule has 0 aliphatic carbocycles. The summed E-state index contributed by atoms with van der Waals surface area (Å²) in [7, 11) is 0. The molecular weight excluding hydrogens is 226 g/mol. The molecule has 0 saturated heterocycles. The highest BCUT2D eigenvalue weighted by Crippen LogP contribution is 2.34. The normalized spacial score (nSPS) is 13.4. The molecule has 3 nitrogen and oxygen atoms in total. The smallest absolute Gasteiger partial charge is 0.251 e. The Labute approximate surface area is 105 Å². The molecule has 0 radical (unpaired) electrons. The fourth-order valence-electron chi connectivity index (χ4n) is 2.68. The number of rotatable bonds is 2. The molecule has 0 amide bonds. The lowest BCUT2D eigenvalue weighted by Crippen LogP contribution is -2.20. The summed E-state index contributed by atoms with van der Waals surface area (Å²) >= 11 is 0. The van der Waals surface area contributed by atoms with Gasteiger partial charge in [0.25, 0.3) is 5.56 Å². The summed E-state index contributed by atoms with van der Waals surface area (Å²) in [6, 6.07) is 3.93. The van der Waals surface area contributed by atoms with Crippen LogP contribution in [0.3, 0.4) is 0 Å². The molecule has 0 atom stereocenters. The van der Waals surface area contributed by atoms with Gasteiger partial charge in [0.1, 0.15) is 5.75 Å². The molecule has 0 spiro atoms. The Hall–Kier alpha value is -2.03. The van der Waals surface area contributed by atoms with Gasteiger partial charge in [0.2, 0.25) is 0 Å². The van der Waals surface area contributed by atoms with Crippen LogP contribution < -0.4 is 10.3 Å². The molecule has 0 saturated carbocycles. The first kappa shape index (κ1) is 11.1. The third kappa shape index (κ3) is 1.47. The van der Waals surface area contributed by atoms with Crippen LogP contribution in [0.4, 0.5) is 0 Å². The Morgan fingerprint density at radius 2 is 2.33 bits per heavy atom. The van der Waals surface area contributed by atoms with Crippen molar-refractivity contribution in [1.82, 2.24) is 4.98 Å². The second kappa shape index (κ2) is 4.02. The average Bonchev–Trinajstić information content (AvgIpc) is 2.38. The summed E-state index contributed by atoms with van der Waals surface area (Å²) in [5, 5.41) is 1.06. The quantitative estimate of drug-likeness (QED) is 0.878. The van der Waals surface area contributed by atoms with Crippen molar-refractivity contribution in [1.29, 1.82) is 0 Å². The van der Waals surface area contributed by atoms with Crippen LogP contribution in [0.25, 0.3) is 17.0 Å². The number of H-pyrrole nitrogens is 1. The van der Waals surface area contributed by atoms with Gasteiger partial charge in [-0.2, -0.15) is 0 Å². The first-order valence-electron chi connectivity index (χ1n) is 6.21. The standard InChI is InChI=1S/C15H15NO2/c1-3-9-7-12-14-11(5-6-18-13(14)8-9)10(4-2)15(17)16-12/h3,7-8H,1,4-6H2,2H3,(H,16,17). The van der Waals surface area contributed by atoms with Gasteiger partial charge in [-0.3, -0.25) is 4.79 Å². The number of aromatic amines is 1. The van der Waals surface area contributed by atoms with Gasteiger partial charge in [-0.25, -0.2) is 0 Å². The van der Waals surface area contributed by atoms with E-state index in [-0.39, 0.29) is 5.56 Å². The molecule has 2 aromatic rings. The molecule has 1 aliphatic heterocycles. The molecule has 2 heterocycles. The Morgan fingerprint density at radius 1 is 1.50 bits per heavy atom. The van der Waals surface area contributed by atoms with E-state index in [9.17, 15) is 4.79 Å². The van der Waals surface area contributed by atoms with E-state index >= 15 is 0 Å². The van der Waals surface area contributed by atoms with Crippen molar-refractivity contribution in [2.24, 2.45) is 0 Å². The maximum atomic E-state index is 12.1. The molecular formula is C15H15NO2. The predicted molar refractivity (Wildman–Crippen MR) is 73.2 cm³/mol. The molecule has 3 rings (SSSR count). The molecule has 0 fully saturated rings. The van der Waals surface area contributed by atoms with Gasteiger partial charge in [-0.15, -0.1) is 0 Å². The molecule has 1 aromatic heterocycles. The highest BCUT2D eigenvalue weighted by Gasteiger charge is 2.19. The predicted octanol–water partition coefficient (Wildman–Crippen LogP) is 2.67. The molecule has 1 N–H and O–H groups in total. The van der Waals surface area contributed by atoms with Crippen molar-refractivity contribution in [3.8, 4) is 5.75 Å². The summed E-state index contributed by atoms with van der Waals surface area (Å²) < 4.78 is 5.71. The Balaban J connectivity index is 2.48. The lowest BCUT2D eigenvalue weighted by atomic mass is 9.96. The van der Waals surface area contributed by atoms with E-state index in [1.54, 1.807) is 6.08 Å². The van der Waals surface area contributed by atoms with Gasteiger partial charge in [0.05, 0.1) is 12.1 Å². The first-order chi connectivity index (χ1) is 8.74. The van der Waals surface area contributed by atoms with Crippen molar-refractivity contribution < 1.29 is 4.74 Å². The van der Waals surface area contributed by atoms with Crippen LogP contribution in [0.15, 0.2) is 23.5 Å². The molecule has 0 unspecified atom stereocenters. The summed E-state index contributed by atoms with van der Waals surface area (Å²) in [6.45, 7) is 6.41. The van der Waals surface area contributed by atoms with Gasteiger partial charge < -0.3 is 9.72 Å². The van der Waals surface area contributed by atoms with Crippen LogP contribution in [0.2, 0.25) is 0 Å². The van der Waals surface area contributed by atoms with Crippen molar-refractivity contribution in [2.75, 3.05) is 6.61 Å². The molecule has 92 valence electrons. The molecule has 18 heavy (non-hydrogen) atoms. The topological polar surface area (TPSA) is 42.1 Å². The van der Waals surface area contributed by atoms with E-state index in [0.29, 0.717) is 6.61 Å². The summed E-state index contributed by atoms with van der Waals surface area (Å²) in [5.74, 6) is 0.856. The molecule has 1 aromatic carbocycles. The van der Waals surface area contributed by atoms with Crippen LogP contribution in [0.1, 0.15) is 23.6 Å². The third-order valence-corrected chi connectivity index (χ3v) is 3.51. The van der Waals surface area contributed by atoms with Crippen LogP contribution in [-0.4, -0.2) is 11.6 Å². The SMILES string of the molecule is C=Cc1cc2c3c(c(CC)c(=O)[nH]c3c1)CCO2. The maximum Gasteiger partial charge on any atom is 0.251 e. The second-order valence-electron chi connectivity index (χ2n) is 4.51. The van der Waals surface area contributed by atoms with Crippen LogP contribution >= 0.6 is 0 Å². The lowest BCUT2D eigenvalue weighted by molar-refractivity contribution is 0.317. The highest BCUT2D eigenvalue weighted by molar-refractivity contribution is 5.91. The fourth-order valence-corrected chi connectivity index (χ4v) is 2.68. The number of aromatic nitrogens is 1. The number of hydrogen-bond donors (Lipinski definition) is 1. The van der Waals surface area contributed by atoms with E-state index in [1.807, 2.05) is 19.1 Å². The zero-order chi connectivity index (χ0) is 12.7. The van der Waals surface area contributed by atoms with Gasteiger partial charge in [0, 0.05) is 17.4 Å². The summed E-state index contributed by atoms with van der Waals surface area (Å²) in [4.78, 5) is 15.0. The minimum atomic E-state index is 0.0223. The van der Waals surface area contributed by atoms with Gasteiger partial charge in [-0.05, 0) is 29.7 Å². The minimum Gasteiger partial charge on any atom is -0.493 e. The van der Waals surface area contributed by atoms with Crippen molar-refractivity contribution in [2.45, 2.75) is 19.8 Å². The average molecular weight is 241 g/mol. The van der Waals surface area contributed by atoms with E-state index in [4.69, 9.17) is 4.74 Å². The van der Waals surface area contributed by atoms with E-state index in [0.717, 1.165) is 46.2 Å². The molecule has 1 aliphatic rings. The number of hydrogen-bond acceptors (Lipinski definition) is 2. The van der Waals surface area contributed by atoms with E-state index in [2.05, 4.69) is 11.6 Å². The maximum absolute atomic E-state index is 12.1. The Bertz CT molecular complexity index is 698. The van der Waals surface area contributed by atoms with E-state index in [1.165, 1.54) is 0 Å². The largest absolute Gasteiger partial charge is 0.493 e.